The molecule has 1 fully saturated rings. The summed E-state index contributed by atoms with van der Waals surface area (Å²) in [7, 11) is 0. The Bertz CT molecular complexity index is 1360. The number of fused-ring (bicyclic) bond motifs is 1. The number of hydrogen-bond acceptors (Lipinski definition) is 4. The molecule has 1 aliphatic rings. The molecule has 2 N–H and O–H groups in total. The van der Waals surface area contributed by atoms with Crippen molar-refractivity contribution in [2.75, 3.05) is 13.1 Å². The van der Waals surface area contributed by atoms with E-state index in [1.54, 1.807) is 12.1 Å². The zero-order valence-corrected chi connectivity index (χ0v) is 18.5. The topological polar surface area (TPSA) is 87.4 Å². The summed E-state index contributed by atoms with van der Waals surface area (Å²) in [4.78, 5) is 20.0. The summed E-state index contributed by atoms with van der Waals surface area (Å²) in [5, 5.41) is 9.21. The molecular weight excluding hydrogens is 410 g/mol. The zero-order valence-electron chi connectivity index (χ0n) is 18.5. The van der Waals surface area contributed by atoms with Crippen molar-refractivity contribution in [3.63, 3.8) is 0 Å². The van der Waals surface area contributed by atoms with Crippen molar-refractivity contribution in [2.24, 2.45) is 5.73 Å². The molecule has 6 nitrogen and oxygen atoms in total. The minimum absolute atomic E-state index is 0.0107. The van der Waals surface area contributed by atoms with Gasteiger partial charge in [-0.05, 0) is 44.0 Å². The van der Waals surface area contributed by atoms with Gasteiger partial charge >= 0.3 is 0 Å². The van der Waals surface area contributed by atoms with Gasteiger partial charge in [0, 0.05) is 36.5 Å². The van der Waals surface area contributed by atoms with Crippen LogP contribution < -0.4 is 5.73 Å². The molecule has 1 saturated heterocycles. The van der Waals surface area contributed by atoms with E-state index in [1.807, 2.05) is 39.8 Å². The van der Waals surface area contributed by atoms with Gasteiger partial charge in [-0.15, -0.1) is 0 Å². The van der Waals surface area contributed by atoms with Crippen LogP contribution >= 0.6 is 0 Å². The Morgan fingerprint density at radius 3 is 2.48 bits per heavy atom. The normalized spacial score (nSPS) is 16.0. The Morgan fingerprint density at radius 1 is 1.06 bits per heavy atom. The van der Waals surface area contributed by atoms with E-state index in [-0.39, 0.29) is 11.9 Å². The first kappa shape index (κ1) is 20.9. The quantitative estimate of drug-likeness (QED) is 0.516. The molecule has 1 unspecified atom stereocenters. The number of imidazole rings is 1. The summed E-state index contributed by atoms with van der Waals surface area (Å²) >= 11 is 0. The van der Waals surface area contributed by atoms with Gasteiger partial charge in [-0.2, -0.15) is 5.26 Å². The molecule has 0 spiro atoms. The third-order valence-corrected chi connectivity index (χ3v) is 6.22. The van der Waals surface area contributed by atoms with Crippen molar-refractivity contribution in [3.8, 4) is 28.6 Å². The van der Waals surface area contributed by atoms with E-state index in [0.29, 0.717) is 17.7 Å². The van der Waals surface area contributed by atoms with Crippen LogP contribution in [0.15, 0.2) is 66.9 Å². The number of pyridine rings is 1. The Hall–Kier alpha value is -3.95. The van der Waals surface area contributed by atoms with Crippen LogP contribution in [0.1, 0.15) is 34.3 Å². The lowest BCUT2D eigenvalue weighted by atomic mass is 10.0. The number of aryl methyl sites for hydroxylation is 1. The summed E-state index contributed by atoms with van der Waals surface area (Å²) in [6.45, 7) is 3.36. The standard InChI is InChI=1S/C27H25N5O/c1-18-4-8-20(9-5-18)25-26(21-10-6-19(15-28)7-11-21)32-16-22(12-13-24(32)30-25)27(33)31-14-2-3-23(29)17-31/h4-13,16,23H,2-3,14,17,29H2,1H3. The zero-order chi connectivity index (χ0) is 22.9. The number of aromatic nitrogens is 2. The van der Waals surface area contributed by atoms with Crippen LogP contribution in [0.4, 0.5) is 0 Å². The maximum Gasteiger partial charge on any atom is 0.255 e. The molecule has 33 heavy (non-hydrogen) atoms. The molecule has 0 saturated carbocycles. The molecule has 4 aromatic rings. The van der Waals surface area contributed by atoms with Crippen molar-refractivity contribution in [1.29, 1.82) is 5.26 Å². The number of nitrogens with two attached hydrogens (primary N) is 1. The Balaban J connectivity index is 1.66. The number of carbonyl (C=O) groups excluding carboxylic acids is 1. The number of carbonyl (C=O) groups is 1. The summed E-state index contributed by atoms with van der Waals surface area (Å²) in [5.74, 6) is -0.0107. The monoisotopic (exact) mass is 435 g/mol. The highest BCUT2D eigenvalue weighted by Crippen LogP contribution is 2.33. The predicted octanol–water partition coefficient (Wildman–Crippen LogP) is 4.41. The van der Waals surface area contributed by atoms with Gasteiger partial charge in [-0.3, -0.25) is 9.20 Å². The lowest BCUT2D eigenvalue weighted by molar-refractivity contribution is 0.0708. The number of likely N-dealkylation sites (tertiary alicyclic amines) is 1. The third kappa shape index (κ3) is 3.99. The van der Waals surface area contributed by atoms with Crippen LogP contribution in [0.25, 0.3) is 28.2 Å². The summed E-state index contributed by atoms with van der Waals surface area (Å²) < 4.78 is 1.98. The van der Waals surface area contributed by atoms with Crippen molar-refractivity contribution < 1.29 is 4.79 Å². The summed E-state index contributed by atoms with van der Waals surface area (Å²) in [6.07, 6.45) is 3.75. The van der Waals surface area contributed by atoms with E-state index in [1.165, 1.54) is 5.56 Å². The molecule has 2 aromatic carbocycles. The van der Waals surface area contributed by atoms with Crippen LogP contribution in [0.2, 0.25) is 0 Å². The molecule has 2 aromatic heterocycles. The minimum atomic E-state index is -0.0107. The fourth-order valence-electron chi connectivity index (χ4n) is 4.44. The second kappa shape index (κ2) is 8.53. The van der Waals surface area contributed by atoms with Crippen LogP contribution in [-0.4, -0.2) is 39.3 Å². The molecule has 5 rings (SSSR count). The molecule has 0 aliphatic carbocycles. The average molecular weight is 436 g/mol. The Morgan fingerprint density at radius 2 is 1.79 bits per heavy atom. The maximum atomic E-state index is 13.2. The number of hydrogen-bond donors (Lipinski definition) is 1. The number of nitriles is 1. The van der Waals surface area contributed by atoms with Gasteiger partial charge in [0.25, 0.3) is 5.91 Å². The highest BCUT2D eigenvalue weighted by atomic mass is 16.2. The molecule has 164 valence electrons. The summed E-state index contributed by atoms with van der Waals surface area (Å²) in [6, 6.07) is 21.6. The first-order valence-corrected chi connectivity index (χ1v) is 11.2. The van der Waals surface area contributed by atoms with E-state index in [4.69, 9.17) is 10.7 Å². The molecule has 3 heterocycles. The SMILES string of the molecule is Cc1ccc(-c2nc3ccc(C(=O)N4CCCC(N)C4)cn3c2-c2ccc(C#N)cc2)cc1. The molecule has 1 atom stereocenters. The summed E-state index contributed by atoms with van der Waals surface area (Å²) in [5.41, 5.74) is 12.9. The fraction of sp³-hybridized carbons (Fsp3) is 0.222. The van der Waals surface area contributed by atoms with Crippen LogP contribution in [0.3, 0.4) is 0 Å². The second-order valence-corrected chi connectivity index (χ2v) is 8.66. The number of piperidine rings is 1. The number of benzene rings is 2. The van der Waals surface area contributed by atoms with Crippen molar-refractivity contribution in [3.05, 3.63) is 83.6 Å². The van der Waals surface area contributed by atoms with Crippen molar-refractivity contribution >= 4 is 11.6 Å². The van der Waals surface area contributed by atoms with E-state index in [2.05, 4.69) is 37.3 Å². The average Bonchev–Trinajstić information content (AvgIpc) is 3.23. The lowest BCUT2D eigenvalue weighted by Crippen LogP contribution is -2.45. The number of rotatable bonds is 3. The van der Waals surface area contributed by atoms with E-state index in [0.717, 1.165) is 47.5 Å². The fourth-order valence-corrected chi connectivity index (χ4v) is 4.44. The molecule has 0 bridgehead atoms. The molecule has 0 radical (unpaired) electrons. The smallest absolute Gasteiger partial charge is 0.255 e. The third-order valence-electron chi connectivity index (χ3n) is 6.22. The van der Waals surface area contributed by atoms with E-state index < -0.39 is 0 Å². The van der Waals surface area contributed by atoms with Crippen LogP contribution in [-0.2, 0) is 0 Å². The highest BCUT2D eigenvalue weighted by molar-refractivity contribution is 5.95. The van der Waals surface area contributed by atoms with Gasteiger partial charge < -0.3 is 10.6 Å². The molecule has 1 aliphatic heterocycles. The van der Waals surface area contributed by atoms with Crippen LogP contribution in [0, 0.1) is 18.3 Å². The lowest BCUT2D eigenvalue weighted by Gasteiger charge is -2.30. The van der Waals surface area contributed by atoms with Gasteiger partial charge in [-0.1, -0.05) is 42.0 Å². The molecule has 1 amide bonds. The van der Waals surface area contributed by atoms with Gasteiger partial charge in [0.05, 0.1) is 28.6 Å². The number of amides is 1. The Kier molecular flexibility index (Phi) is 5.41. The van der Waals surface area contributed by atoms with E-state index >= 15 is 0 Å². The number of nitrogens with zero attached hydrogens (tertiary/aromatic N) is 4. The van der Waals surface area contributed by atoms with Gasteiger partial charge in [0.2, 0.25) is 0 Å². The Labute approximate surface area is 192 Å². The first-order chi connectivity index (χ1) is 16.0. The van der Waals surface area contributed by atoms with Gasteiger partial charge in [0.1, 0.15) is 5.65 Å². The van der Waals surface area contributed by atoms with Gasteiger partial charge in [0.15, 0.2) is 0 Å². The molecule has 6 heteroatoms. The maximum absolute atomic E-state index is 13.2. The first-order valence-electron chi connectivity index (χ1n) is 11.2. The minimum Gasteiger partial charge on any atom is -0.337 e. The second-order valence-electron chi connectivity index (χ2n) is 8.66. The van der Waals surface area contributed by atoms with Crippen molar-refractivity contribution in [2.45, 2.75) is 25.8 Å². The largest absolute Gasteiger partial charge is 0.337 e. The van der Waals surface area contributed by atoms with E-state index in [9.17, 15) is 10.1 Å². The molecular formula is C27H25N5O. The highest BCUT2D eigenvalue weighted by Gasteiger charge is 2.24. The van der Waals surface area contributed by atoms with Crippen LogP contribution in [0.5, 0.6) is 0 Å². The van der Waals surface area contributed by atoms with Gasteiger partial charge in [-0.25, -0.2) is 4.98 Å². The predicted molar refractivity (Wildman–Crippen MR) is 129 cm³/mol. The van der Waals surface area contributed by atoms with Crippen molar-refractivity contribution in [1.82, 2.24) is 14.3 Å².